The molecule has 1 aromatic heterocycles. The van der Waals surface area contributed by atoms with Crippen LogP contribution in [0.4, 0.5) is 22.4 Å². The SMILES string of the molecule is COC(=O)N[C@H](C(=O)Cc1cncc(F)c1CC[C@@H]1CNCCN1S(C)(=O)=O)[C@@H](c1ccc(F)cc1)c1cc(F)cc(F)c1. The van der Waals surface area contributed by atoms with Gasteiger partial charge in [0.2, 0.25) is 10.0 Å². The summed E-state index contributed by atoms with van der Waals surface area (Å²) in [5, 5.41) is 5.57. The molecule has 1 fully saturated rings. The van der Waals surface area contributed by atoms with E-state index in [-0.39, 0.29) is 41.6 Å². The Labute approximate surface area is 252 Å². The van der Waals surface area contributed by atoms with Gasteiger partial charge >= 0.3 is 6.09 Å². The second kappa shape index (κ2) is 14.3. The average Bonchev–Trinajstić information content (AvgIpc) is 2.96. The number of pyridine rings is 1. The highest BCUT2D eigenvalue weighted by molar-refractivity contribution is 7.88. The van der Waals surface area contributed by atoms with Gasteiger partial charge in [-0.25, -0.2) is 30.8 Å². The first-order chi connectivity index (χ1) is 20.9. The normalized spacial score (nSPS) is 17.1. The Bertz CT molecular complexity index is 1590. The van der Waals surface area contributed by atoms with Crippen molar-refractivity contribution in [2.24, 2.45) is 0 Å². The number of methoxy groups -OCH3 is 1. The van der Waals surface area contributed by atoms with Crippen LogP contribution < -0.4 is 10.6 Å². The molecule has 3 atom stereocenters. The van der Waals surface area contributed by atoms with Crippen LogP contribution in [-0.2, 0) is 32.4 Å². The summed E-state index contributed by atoms with van der Waals surface area (Å²) < 4.78 is 88.3. The van der Waals surface area contributed by atoms with Gasteiger partial charge in [0.05, 0.1) is 19.6 Å². The fourth-order valence-electron chi connectivity index (χ4n) is 5.51. The lowest BCUT2D eigenvalue weighted by Gasteiger charge is -2.34. The zero-order valence-corrected chi connectivity index (χ0v) is 24.8. The summed E-state index contributed by atoms with van der Waals surface area (Å²) in [6, 6.07) is 5.55. The van der Waals surface area contributed by atoms with Crippen LogP contribution in [0.15, 0.2) is 54.9 Å². The van der Waals surface area contributed by atoms with Crippen molar-refractivity contribution in [1.82, 2.24) is 19.9 Å². The molecule has 0 spiro atoms. The Morgan fingerprint density at radius 1 is 1.05 bits per heavy atom. The molecule has 1 saturated heterocycles. The number of ether oxygens (including phenoxy) is 1. The van der Waals surface area contributed by atoms with E-state index in [2.05, 4.69) is 15.6 Å². The maximum Gasteiger partial charge on any atom is 0.407 e. The molecule has 1 aliphatic heterocycles. The number of Topliss-reactive ketones (excluding diaryl/α,β-unsaturated/α-hetero) is 1. The number of sulfonamides is 1. The lowest BCUT2D eigenvalue weighted by molar-refractivity contribution is -0.120. The van der Waals surface area contributed by atoms with Crippen molar-refractivity contribution in [1.29, 1.82) is 0 Å². The van der Waals surface area contributed by atoms with Gasteiger partial charge in [0.1, 0.15) is 29.3 Å². The number of halogens is 4. The lowest BCUT2D eigenvalue weighted by Crippen LogP contribution is -2.53. The maximum atomic E-state index is 15.1. The molecule has 2 N–H and O–H groups in total. The van der Waals surface area contributed by atoms with Gasteiger partial charge in [-0.1, -0.05) is 12.1 Å². The maximum absolute atomic E-state index is 15.1. The Balaban J connectivity index is 1.70. The van der Waals surface area contributed by atoms with E-state index in [0.717, 1.165) is 43.8 Å². The van der Waals surface area contributed by atoms with Gasteiger partial charge < -0.3 is 15.4 Å². The Hall–Kier alpha value is -3.88. The quantitative estimate of drug-likeness (QED) is 0.310. The number of amides is 1. The van der Waals surface area contributed by atoms with E-state index in [1.54, 1.807) is 0 Å². The van der Waals surface area contributed by atoms with Gasteiger partial charge in [-0.05, 0) is 59.4 Å². The Morgan fingerprint density at radius 2 is 1.73 bits per heavy atom. The number of alkyl carbamates (subject to hydrolysis) is 1. The molecule has 44 heavy (non-hydrogen) atoms. The third-order valence-corrected chi connectivity index (χ3v) is 8.85. The standard InChI is InChI=1S/C30H32F4N4O5S/c1-43-30(40)37-29(28(18-3-5-21(31)6-4-18)19-11-22(32)14-23(33)12-19)27(39)13-20-15-36-17-26(34)25(20)8-7-24-16-35-9-10-38(24)44(2,41)42/h3-6,11-12,14-15,17,24,28-29,35H,7-10,13,16H2,1-2H3,(H,37,40)/t24-,28+,29-/m1/s1. The van der Waals surface area contributed by atoms with Gasteiger partial charge in [-0.15, -0.1) is 0 Å². The number of rotatable bonds is 11. The molecule has 4 rings (SSSR count). The summed E-state index contributed by atoms with van der Waals surface area (Å²) in [7, 11) is -2.44. The predicted octanol–water partition coefficient (Wildman–Crippen LogP) is 3.47. The molecule has 0 radical (unpaired) electrons. The monoisotopic (exact) mass is 636 g/mol. The first-order valence-corrected chi connectivity index (χ1v) is 15.6. The number of piperazine rings is 1. The van der Waals surface area contributed by atoms with Crippen LogP contribution in [-0.4, -0.2) is 74.7 Å². The summed E-state index contributed by atoms with van der Waals surface area (Å²) in [5.74, 6) is -5.06. The molecule has 1 aliphatic rings. The lowest BCUT2D eigenvalue weighted by atomic mass is 9.81. The molecule has 1 amide bonds. The van der Waals surface area contributed by atoms with E-state index >= 15 is 4.39 Å². The molecule has 9 nitrogen and oxygen atoms in total. The number of nitrogens with one attached hydrogen (secondary N) is 2. The van der Waals surface area contributed by atoms with Crippen molar-refractivity contribution >= 4 is 21.9 Å². The number of hydrogen-bond donors (Lipinski definition) is 2. The van der Waals surface area contributed by atoms with Crippen molar-refractivity contribution in [2.45, 2.75) is 37.3 Å². The number of aromatic nitrogens is 1. The van der Waals surface area contributed by atoms with E-state index in [1.165, 1.54) is 22.6 Å². The van der Waals surface area contributed by atoms with Crippen molar-refractivity contribution in [2.75, 3.05) is 33.0 Å². The van der Waals surface area contributed by atoms with Crippen molar-refractivity contribution in [3.63, 3.8) is 0 Å². The van der Waals surface area contributed by atoms with E-state index in [9.17, 15) is 31.2 Å². The first kappa shape index (κ1) is 33.0. The fourth-order valence-corrected chi connectivity index (χ4v) is 6.65. The first-order valence-electron chi connectivity index (χ1n) is 13.7. The van der Waals surface area contributed by atoms with Crippen molar-refractivity contribution < 1.29 is 40.3 Å². The molecule has 236 valence electrons. The number of carbonyl (C=O) groups excluding carboxylic acids is 2. The zero-order valence-electron chi connectivity index (χ0n) is 24.0. The molecule has 2 heterocycles. The number of carbonyl (C=O) groups is 2. The van der Waals surface area contributed by atoms with E-state index in [1.807, 2.05) is 0 Å². The second-order valence-electron chi connectivity index (χ2n) is 10.5. The number of benzene rings is 2. The van der Waals surface area contributed by atoms with Gasteiger partial charge in [-0.2, -0.15) is 4.31 Å². The van der Waals surface area contributed by atoms with Crippen LogP contribution in [0.3, 0.4) is 0 Å². The molecule has 0 aliphatic carbocycles. The van der Waals surface area contributed by atoms with Gasteiger partial charge in [0.15, 0.2) is 5.78 Å². The summed E-state index contributed by atoms with van der Waals surface area (Å²) in [5.41, 5.74) is 0.561. The smallest absolute Gasteiger partial charge is 0.407 e. The van der Waals surface area contributed by atoms with Crippen LogP contribution >= 0.6 is 0 Å². The highest BCUT2D eigenvalue weighted by Gasteiger charge is 2.34. The number of ketones is 1. The molecule has 0 unspecified atom stereocenters. The van der Waals surface area contributed by atoms with Gasteiger partial charge in [-0.3, -0.25) is 9.78 Å². The highest BCUT2D eigenvalue weighted by atomic mass is 32.2. The van der Waals surface area contributed by atoms with E-state index in [0.29, 0.717) is 19.2 Å². The van der Waals surface area contributed by atoms with Crippen LogP contribution in [0, 0.1) is 23.3 Å². The number of nitrogens with zero attached hydrogens (tertiary/aromatic N) is 2. The van der Waals surface area contributed by atoms with Gasteiger partial charge in [0, 0.05) is 50.3 Å². The summed E-state index contributed by atoms with van der Waals surface area (Å²) in [4.78, 5) is 30.3. The number of hydrogen-bond acceptors (Lipinski definition) is 7. The molecule has 2 aromatic carbocycles. The van der Waals surface area contributed by atoms with Crippen LogP contribution in [0.1, 0.15) is 34.6 Å². The molecule has 14 heteroatoms. The van der Waals surface area contributed by atoms with Crippen LogP contribution in [0.25, 0.3) is 0 Å². The third-order valence-electron chi connectivity index (χ3n) is 7.52. The molecule has 3 aromatic rings. The minimum atomic E-state index is -3.51. The minimum Gasteiger partial charge on any atom is -0.453 e. The predicted molar refractivity (Wildman–Crippen MR) is 153 cm³/mol. The summed E-state index contributed by atoms with van der Waals surface area (Å²) in [6.07, 6.45) is 2.23. The average molecular weight is 637 g/mol. The van der Waals surface area contributed by atoms with Gasteiger partial charge in [0.25, 0.3) is 0 Å². The van der Waals surface area contributed by atoms with Crippen molar-refractivity contribution in [3.8, 4) is 0 Å². The molecule has 0 bridgehead atoms. The molecular weight excluding hydrogens is 604 g/mol. The van der Waals surface area contributed by atoms with E-state index in [4.69, 9.17) is 4.74 Å². The molecule has 0 saturated carbocycles. The summed E-state index contributed by atoms with van der Waals surface area (Å²) >= 11 is 0. The zero-order chi connectivity index (χ0) is 32.0. The van der Waals surface area contributed by atoms with Crippen molar-refractivity contribution in [3.05, 3.63) is 100 Å². The topological polar surface area (TPSA) is 118 Å². The Kier molecular flexibility index (Phi) is 10.7. The summed E-state index contributed by atoms with van der Waals surface area (Å²) in [6.45, 7) is 1.11. The Morgan fingerprint density at radius 3 is 2.36 bits per heavy atom. The molecular formula is C30H32F4N4O5S. The largest absolute Gasteiger partial charge is 0.453 e. The van der Waals surface area contributed by atoms with E-state index < -0.39 is 69.6 Å². The second-order valence-corrected chi connectivity index (χ2v) is 12.5. The fraction of sp³-hybridized carbons (Fsp3) is 0.367. The highest BCUT2D eigenvalue weighted by Crippen LogP contribution is 2.31. The van der Waals surface area contributed by atoms with Crippen LogP contribution in [0.5, 0.6) is 0 Å². The minimum absolute atomic E-state index is 0.0212. The third kappa shape index (κ3) is 8.18. The van der Waals surface area contributed by atoms with Crippen LogP contribution in [0.2, 0.25) is 0 Å².